The highest BCUT2D eigenvalue weighted by Crippen LogP contribution is 2.31. The van der Waals surface area contributed by atoms with Crippen LogP contribution in [-0.4, -0.2) is 19.0 Å². The maximum absolute atomic E-state index is 12.4. The summed E-state index contributed by atoms with van der Waals surface area (Å²) in [6.45, 7) is 2.74. The monoisotopic (exact) mass is 438 g/mol. The molecule has 136 valence electrons. The quantitative estimate of drug-likeness (QED) is 0.354. The molecule has 1 heterocycles. The van der Waals surface area contributed by atoms with Gasteiger partial charge in [0.2, 0.25) is 0 Å². The van der Waals surface area contributed by atoms with Crippen LogP contribution < -0.4 is 15.1 Å². The summed E-state index contributed by atoms with van der Waals surface area (Å²) in [4.78, 5) is 12.4. The standard InChI is InChI=1S/C19H16BrFO4S/c1-2-23-14-5-3-12(4-6-14)16-10-13-9-15(24-7-8-26-21)11-17(20)18(13)25-19(16)22/h3-6,9-11H,2,7-8H2,1H3. The van der Waals surface area contributed by atoms with E-state index >= 15 is 0 Å². The maximum atomic E-state index is 12.4. The van der Waals surface area contributed by atoms with Crippen molar-refractivity contribution in [1.82, 2.24) is 0 Å². The summed E-state index contributed by atoms with van der Waals surface area (Å²) in [7, 11) is 0. The second kappa shape index (κ2) is 8.60. The summed E-state index contributed by atoms with van der Waals surface area (Å²) >= 11 is 3.62. The van der Waals surface area contributed by atoms with Gasteiger partial charge in [-0.05, 0) is 58.7 Å². The van der Waals surface area contributed by atoms with Crippen molar-refractivity contribution in [2.75, 3.05) is 19.0 Å². The molecule has 0 saturated heterocycles. The largest absolute Gasteiger partial charge is 0.494 e. The first kappa shape index (κ1) is 18.8. The van der Waals surface area contributed by atoms with Gasteiger partial charge in [0.05, 0.1) is 29.0 Å². The molecule has 3 aromatic rings. The Morgan fingerprint density at radius 2 is 1.88 bits per heavy atom. The minimum atomic E-state index is -0.426. The van der Waals surface area contributed by atoms with Crippen molar-refractivity contribution in [3.05, 3.63) is 57.4 Å². The molecule has 4 nitrogen and oxygen atoms in total. The Morgan fingerprint density at radius 3 is 2.58 bits per heavy atom. The van der Waals surface area contributed by atoms with E-state index in [-0.39, 0.29) is 24.5 Å². The van der Waals surface area contributed by atoms with Gasteiger partial charge in [-0.1, -0.05) is 12.1 Å². The highest BCUT2D eigenvalue weighted by molar-refractivity contribution is 9.10. The summed E-state index contributed by atoms with van der Waals surface area (Å²) in [5.41, 5.74) is 1.20. The highest BCUT2D eigenvalue weighted by Gasteiger charge is 2.12. The fourth-order valence-corrected chi connectivity index (χ4v) is 3.22. The molecule has 0 fully saturated rings. The second-order valence-electron chi connectivity index (χ2n) is 5.39. The first-order valence-electron chi connectivity index (χ1n) is 7.99. The van der Waals surface area contributed by atoms with Gasteiger partial charge in [-0.25, -0.2) is 4.79 Å². The third kappa shape index (κ3) is 4.22. The Balaban J connectivity index is 2.00. The molecule has 26 heavy (non-hydrogen) atoms. The van der Waals surface area contributed by atoms with Crippen LogP contribution in [0.3, 0.4) is 0 Å². The number of rotatable bonds is 7. The SMILES string of the molecule is CCOc1ccc(-c2cc3cc(OCCSF)cc(Br)c3oc2=O)cc1. The molecular formula is C19H16BrFO4S. The Hall–Kier alpha value is -1.99. The molecule has 0 amide bonds. The van der Waals surface area contributed by atoms with Gasteiger partial charge in [-0.15, -0.1) is 0 Å². The van der Waals surface area contributed by atoms with Gasteiger partial charge in [0, 0.05) is 17.5 Å². The summed E-state index contributed by atoms with van der Waals surface area (Å²) < 4.78 is 29.2. The number of fused-ring (bicyclic) bond motifs is 1. The maximum Gasteiger partial charge on any atom is 0.344 e. The molecule has 2 aromatic carbocycles. The molecule has 0 bridgehead atoms. The number of hydrogen-bond acceptors (Lipinski definition) is 5. The normalized spacial score (nSPS) is 10.9. The first-order chi connectivity index (χ1) is 12.6. The predicted octanol–water partition coefficient (Wildman–Crippen LogP) is 5.62. The van der Waals surface area contributed by atoms with Crippen LogP contribution in [0.15, 0.2) is 56.1 Å². The van der Waals surface area contributed by atoms with Crippen LogP contribution >= 0.6 is 28.1 Å². The van der Waals surface area contributed by atoms with Crippen molar-refractivity contribution >= 4 is 39.0 Å². The third-order valence-corrected chi connectivity index (χ3v) is 4.58. The Bertz CT molecular complexity index is 956. The van der Waals surface area contributed by atoms with Gasteiger partial charge >= 0.3 is 5.63 Å². The number of halogens is 2. The van der Waals surface area contributed by atoms with Gasteiger partial charge in [0.15, 0.2) is 5.58 Å². The van der Waals surface area contributed by atoms with Crippen molar-refractivity contribution in [1.29, 1.82) is 0 Å². The molecule has 1 aromatic heterocycles. The molecule has 0 radical (unpaired) electrons. The van der Waals surface area contributed by atoms with Gasteiger partial charge < -0.3 is 13.9 Å². The van der Waals surface area contributed by atoms with Crippen LogP contribution in [0.2, 0.25) is 0 Å². The van der Waals surface area contributed by atoms with E-state index in [9.17, 15) is 8.68 Å². The minimum absolute atomic E-state index is 0.228. The zero-order valence-electron chi connectivity index (χ0n) is 14.0. The van der Waals surface area contributed by atoms with Crippen LogP contribution in [0.1, 0.15) is 6.92 Å². The van der Waals surface area contributed by atoms with Gasteiger partial charge in [-0.3, -0.25) is 0 Å². The number of benzene rings is 2. The van der Waals surface area contributed by atoms with E-state index in [0.717, 1.165) is 11.3 Å². The van der Waals surface area contributed by atoms with Gasteiger partial charge in [0.25, 0.3) is 0 Å². The number of hydrogen-bond donors (Lipinski definition) is 0. The van der Waals surface area contributed by atoms with Crippen molar-refractivity contribution in [3.8, 4) is 22.6 Å². The summed E-state index contributed by atoms with van der Waals surface area (Å²) in [5.74, 6) is 1.56. The van der Waals surface area contributed by atoms with Crippen LogP contribution in [0.5, 0.6) is 11.5 Å². The molecule has 0 aliphatic rings. The van der Waals surface area contributed by atoms with E-state index in [1.54, 1.807) is 18.2 Å². The summed E-state index contributed by atoms with van der Waals surface area (Å²) in [6.07, 6.45) is 0. The van der Waals surface area contributed by atoms with E-state index in [1.165, 1.54) is 0 Å². The van der Waals surface area contributed by atoms with E-state index in [0.29, 0.717) is 33.4 Å². The third-order valence-electron chi connectivity index (χ3n) is 3.67. The average molecular weight is 439 g/mol. The molecule has 0 N–H and O–H groups in total. The van der Waals surface area contributed by atoms with Crippen LogP contribution in [0.25, 0.3) is 22.1 Å². The lowest BCUT2D eigenvalue weighted by molar-refractivity contribution is 0.340. The Kier molecular flexibility index (Phi) is 6.21. The lowest BCUT2D eigenvalue weighted by atomic mass is 10.1. The van der Waals surface area contributed by atoms with E-state index in [1.807, 2.05) is 31.2 Å². The Labute approximate surface area is 162 Å². The second-order valence-corrected chi connectivity index (χ2v) is 6.87. The molecule has 3 rings (SSSR count). The van der Waals surface area contributed by atoms with Crippen LogP contribution in [-0.2, 0) is 0 Å². The van der Waals surface area contributed by atoms with Crippen molar-refractivity contribution in [2.24, 2.45) is 0 Å². The highest BCUT2D eigenvalue weighted by atomic mass is 79.9. The minimum Gasteiger partial charge on any atom is -0.494 e. The molecule has 0 aliphatic heterocycles. The van der Waals surface area contributed by atoms with Gasteiger partial charge in [-0.2, -0.15) is 3.89 Å². The van der Waals surface area contributed by atoms with Crippen molar-refractivity contribution < 1.29 is 17.8 Å². The zero-order chi connectivity index (χ0) is 18.5. The van der Waals surface area contributed by atoms with Gasteiger partial charge in [0.1, 0.15) is 11.5 Å². The fraction of sp³-hybridized carbons (Fsp3) is 0.211. The topological polar surface area (TPSA) is 48.7 Å². The van der Waals surface area contributed by atoms with E-state index < -0.39 is 5.63 Å². The smallest absolute Gasteiger partial charge is 0.344 e. The molecule has 0 atom stereocenters. The van der Waals surface area contributed by atoms with Crippen molar-refractivity contribution in [2.45, 2.75) is 6.92 Å². The molecule has 0 aliphatic carbocycles. The van der Waals surface area contributed by atoms with Crippen molar-refractivity contribution in [3.63, 3.8) is 0 Å². The summed E-state index contributed by atoms with van der Waals surface area (Å²) in [5, 5.41) is 0.714. The lowest BCUT2D eigenvalue weighted by Gasteiger charge is -2.09. The van der Waals surface area contributed by atoms with E-state index in [2.05, 4.69) is 15.9 Å². The van der Waals surface area contributed by atoms with Crippen LogP contribution in [0.4, 0.5) is 3.89 Å². The Morgan fingerprint density at radius 1 is 1.12 bits per heavy atom. The molecule has 0 saturated carbocycles. The molecule has 7 heteroatoms. The number of ether oxygens (including phenoxy) is 2. The zero-order valence-corrected chi connectivity index (χ0v) is 16.4. The fourth-order valence-electron chi connectivity index (χ4n) is 2.54. The van der Waals surface area contributed by atoms with Crippen LogP contribution in [0, 0.1) is 0 Å². The summed E-state index contributed by atoms with van der Waals surface area (Å²) in [6, 6.07) is 12.5. The molecule has 0 unspecified atom stereocenters. The average Bonchev–Trinajstić information content (AvgIpc) is 2.63. The predicted molar refractivity (Wildman–Crippen MR) is 106 cm³/mol. The lowest BCUT2D eigenvalue weighted by Crippen LogP contribution is -2.04. The van der Waals surface area contributed by atoms with E-state index in [4.69, 9.17) is 13.9 Å². The first-order valence-corrected chi connectivity index (χ1v) is 9.67. The molecular weight excluding hydrogens is 423 g/mol. The molecule has 0 spiro atoms.